The highest BCUT2D eigenvalue weighted by atomic mass is 79.9. The van der Waals surface area contributed by atoms with Gasteiger partial charge in [0.15, 0.2) is 18.1 Å². The molecule has 0 aliphatic carbocycles. The number of phenolic OH excluding ortho intramolecular Hbond substituents is 2. The fourth-order valence-corrected chi connectivity index (χ4v) is 1.92. The molecule has 2 rings (SSSR count). The van der Waals surface area contributed by atoms with Crippen LogP contribution in [0.4, 0.5) is 0 Å². The van der Waals surface area contributed by atoms with Crippen molar-refractivity contribution >= 4 is 28.1 Å². The predicted octanol–water partition coefficient (Wildman–Crippen LogP) is 2.39. The summed E-state index contributed by atoms with van der Waals surface area (Å²) in [6.45, 7) is -0.172. The van der Waals surface area contributed by atoms with Gasteiger partial charge in [-0.1, -0.05) is 22.0 Å². The van der Waals surface area contributed by atoms with Crippen molar-refractivity contribution in [2.24, 2.45) is 5.10 Å². The van der Waals surface area contributed by atoms with Crippen molar-refractivity contribution in [2.75, 3.05) is 6.61 Å². The van der Waals surface area contributed by atoms with Crippen molar-refractivity contribution in [2.45, 2.75) is 0 Å². The molecule has 1 amide bonds. The third kappa shape index (κ3) is 4.78. The number of rotatable bonds is 5. The van der Waals surface area contributed by atoms with E-state index in [1.807, 2.05) is 6.07 Å². The molecule has 3 N–H and O–H groups in total. The van der Waals surface area contributed by atoms with E-state index in [1.54, 1.807) is 24.3 Å². The topological polar surface area (TPSA) is 91.2 Å². The fraction of sp³-hybridized carbons (Fsp3) is 0.0667. The lowest BCUT2D eigenvalue weighted by Gasteiger charge is -2.05. The molecular formula is C15H13BrN2O4. The lowest BCUT2D eigenvalue weighted by atomic mass is 10.2. The Bertz CT molecular complexity index is 704. The van der Waals surface area contributed by atoms with Gasteiger partial charge in [-0.3, -0.25) is 4.79 Å². The number of amides is 1. The van der Waals surface area contributed by atoms with Crippen molar-refractivity contribution in [3.05, 3.63) is 52.5 Å². The Balaban J connectivity index is 1.82. The van der Waals surface area contributed by atoms with E-state index in [4.69, 9.17) is 4.74 Å². The molecule has 114 valence electrons. The Morgan fingerprint density at radius 2 is 2.05 bits per heavy atom. The zero-order valence-electron chi connectivity index (χ0n) is 11.4. The van der Waals surface area contributed by atoms with E-state index in [2.05, 4.69) is 26.5 Å². The number of benzene rings is 2. The Labute approximate surface area is 135 Å². The van der Waals surface area contributed by atoms with Gasteiger partial charge in [-0.15, -0.1) is 0 Å². The Hall–Kier alpha value is -2.54. The van der Waals surface area contributed by atoms with Crippen LogP contribution in [0.3, 0.4) is 0 Å². The van der Waals surface area contributed by atoms with Crippen LogP contribution in [0.2, 0.25) is 0 Å². The van der Waals surface area contributed by atoms with Crippen molar-refractivity contribution in [1.82, 2.24) is 5.43 Å². The van der Waals surface area contributed by atoms with E-state index in [-0.39, 0.29) is 18.1 Å². The number of hydrogen-bond acceptors (Lipinski definition) is 5. The Morgan fingerprint density at radius 3 is 2.77 bits per heavy atom. The minimum absolute atomic E-state index is 0.172. The van der Waals surface area contributed by atoms with Gasteiger partial charge in [-0.2, -0.15) is 5.10 Å². The molecule has 0 radical (unpaired) electrons. The lowest BCUT2D eigenvalue weighted by molar-refractivity contribution is -0.123. The molecule has 22 heavy (non-hydrogen) atoms. The maximum absolute atomic E-state index is 11.6. The van der Waals surface area contributed by atoms with E-state index in [1.165, 1.54) is 18.3 Å². The highest BCUT2D eigenvalue weighted by molar-refractivity contribution is 9.10. The Kier molecular flexibility index (Phi) is 5.37. The molecule has 2 aromatic carbocycles. The minimum Gasteiger partial charge on any atom is -0.504 e. The number of hydrogen-bond donors (Lipinski definition) is 3. The summed E-state index contributed by atoms with van der Waals surface area (Å²) >= 11 is 3.31. The van der Waals surface area contributed by atoms with E-state index >= 15 is 0 Å². The van der Waals surface area contributed by atoms with Crippen LogP contribution >= 0.6 is 15.9 Å². The second-order valence-electron chi connectivity index (χ2n) is 4.29. The monoisotopic (exact) mass is 364 g/mol. The zero-order chi connectivity index (χ0) is 15.9. The molecule has 6 nitrogen and oxygen atoms in total. The summed E-state index contributed by atoms with van der Waals surface area (Å²) < 4.78 is 6.15. The molecule has 0 unspecified atom stereocenters. The van der Waals surface area contributed by atoms with Gasteiger partial charge in [-0.05, 0) is 42.0 Å². The van der Waals surface area contributed by atoms with Crippen molar-refractivity contribution in [3.8, 4) is 17.2 Å². The quantitative estimate of drug-likeness (QED) is 0.431. The van der Waals surface area contributed by atoms with Crippen molar-refractivity contribution in [1.29, 1.82) is 0 Å². The summed E-state index contributed by atoms with van der Waals surface area (Å²) in [4.78, 5) is 11.6. The van der Waals surface area contributed by atoms with Crippen molar-refractivity contribution < 1.29 is 19.7 Å². The fourth-order valence-electron chi connectivity index (χ4n) is 1.54. The third-order valence-electron chi connectivity index (χ3n) is 2.57. The summed E-state index contributed by atoms with van der Waals surface area (Å²) in [5.41, 5.74) is 2.83. The number of nitrogens with one attached hydrogen (secondary N) is 1. The summed E-state index contributed by atoms with van der Waals surface area (Å²) in [7, 11) is 0. The molecule has 2 aromatic rings. The van der Waals surface area contributed by atoms with Crippen LogP contribution in [0.1, 0.15) is 5.56 Å². The molecule has 0 heterocycles. The molecule has 0 atom stereocenters. The van der Waals surface area contributed by atoms with E-state index in [9.17, 15) is 15.0 Å². The first kappa shape index (κ1) is 15.8. The average Bonchev–Trinajstić information content (AvgIpc) is 2.49. The number of ether oxygens (including phenoxy) is 1. The standard InChI is InChI=1S/C15H13BrN2O4/c16-11-2-1-3-12(7-11)22-9-15(21)18-17-8-10-4-5-13(19)14(20)6-10/h1-8,19-20H,9H2,(H,18,21). The predicted molar refractivity (Wildman–Crippen MR) is 85.1 cm³/mol. The van der Waals surface area contributed by atoms with Gasteiger partial charge in [0.25, 0.3) is 5.91 Å². The molecule has 7 heteroatoms. The smallest absolute Gasteiger partial charge is 0.277 e. The van der Waals surface area contributed by atoms with Gasteiger partial charge in [0.2, 0.25) is 0 Å². The maximum Gasteiger partial charge on any atom is 0.277 e. The van der Waals surface area contributed by atoms with Crippen LogP contribution in [0.5, 0.6) is 17.2 Å². The molecule has 0 aliphatic heterocycles. The van der Waals surface area contributed by atoms with Crippen molar-refractivity contribution in [3.63, 3.8) is 0 Å². The molecule has 0 saturated heterocycles. The first-order valence-electron chi connectivity index (χ1n) is 6.27. The van der Waals surface area contributed by atoms with E-state index in [0.717, 1.165) is 4.47 Å². The first-order valence-corrected chi connectivity index (χ1v) is 7.06. The van der Waals surface area contributed by atoms with Gasteiger partial charge in [0, 0.05) is 4.47 Å². The molecular weight excluding hydrogens is 352 g/mol. The van der Waals surface area contributed by atoms with Crippen LogP contribution in [0.25, 0.3) is 0 Å². The van der Waals surface area contributed by atoms with Gasteiger partial charge < -0.3 is 14.9 Å². The molecule has 0 aromatic heterocycles. The summed E-state index contributed by atoms with van der Waals surface area (Å²) in [5, 5.41) is 22.2. The van der Waals surface area contributed by atoms with Gasteiger partial charge in [0.05, 0.1) is 6.21 Å². The van der Waals surface area contributed by atoms with E-state index < -0.39 is 5.91 Å². The maximum atomic E-state index is 11.6. The molecule has 0 aliphatic rings. The van der Waals surface area contributed by atoms with Crippen LogP contribution in [-0.2, 0) is 4.79 Å². The average molecular weight is 365 g/mol. The molecule has 0 bridgehead atoms. The number of hydrazone groups is 1. The van der Waals surface area contributed by atoms with Gasteiger partial charge in [-0.25, -0.2) is 5.43 Å². The van der Waals surface area contributed by atoms with Crippen LogP contribution in [0, 0.1) is 0 Å². The summed E-state index contributed by atoms with van der Waals surface area (Å²) in [5.74, 6) is -0.326. The normalized spacial score (nSPS) is 10.6. The minimum atomic E-state index is -0.417. The Morgan fingerprint density at radius 1 is 1.23 bits per heavy atom. The largest absolute Gasteiger partial charge is 0.504 e. The lowest BCUT2D eigenvalue weighted by Crippen LogP contribution is -2.24. The van der Waals surface area contributed by atoms with Crippen LogP contribution in [0.15, 0.2) is 52.0 Å². The van der Waals surface area contributed by atoms with Crippen LogP contribution in [-0.4, -0.2) is 28.9 Å². The molecule has 0 spiro atoms. The third-order valence-corrected chi connectivity index (χ3v) is 3.06. The number of aromatic hydroxyl groups is 2. The van der Waals surface area contributed by atoms with Gasteiger partial charge >= 0.3 is 0 Å². The number of halogens is 1. The highest BCUT2D eigenvalue weighted by Gasteiger charge is 2.02. The second kappa shape index (κ2) is 7.46. The summed E-state index contributed by atoms with van der Waals surface area (Å²) in [6, 6.07) is 11.3. The zero-order valence-corrected chi connectivity index (χ0v) is 12.9. The molecule has 0 fully saturated rings. The van der Waals surface area contributed by atoms with Crippen LogP contribution < -0.4 is 10.2 Å². The second-order valence-corrected chi connectivity index (χ2v) is 5.20. The number of carbonyl (C=O) groups excluding carboxylic acids is 1. The van der Waals surface area contributed by atoms with E-state index in [0.29, 0.717) is 11.3 Å². The number of nitrogens with zero attached hydrogens (tertiary/aromatic N) is 1. The number of carbonyl (C=O) groups is 1. The highest BCUT2D eigenvalue weighted by Crippen LogP contribution is 2.23. The number of phenols is 2. The molecule has 0 saturated carbocycles. The SMILES string of the molecule is O=C(COc1cccc(Br)c1)NN=Cc1ccc(O)c(O)c1. The first-order chi connectivity index (χ1) is 10.5. The van der Waals surface area contributed by atoms with Gasteiger partial charge in [0.1, 0.15) is 5.75 Å². The summed E-state index contributed by atoms with van der Waals surface area (Å²) in [6.07, 6.45) is 1.34.